The first kappa shape index (κ1) is 94.3. The summed E-state index contributed by atoms with van der Waals surface area (Å²) in [5.74, 6) is 4.75. The first-order chi connectivity index (χ1) is 50.4. The van der Waals surface area contributed by atoms with Crippen LogP contribution >= 0.6 is 0 Å². The number of methoxy groups -OCH3 is 2. The molecule has 0 unspecified atom stereocenters. The number of hydrogen-bond acceptors (Lipinski definition) is 18. The lowest BCUT2D eigenvalue weighted by Crippen LogP contribution is -2.56. The molecule has 7 N–H and O–H groups in total. The second-order valence-electron chi connectivity index (χ2n) is 28.2. The van der Waals surface area contributed by atoms with E-state index >= 15 is 0 Å². The molecule has 3 rings (SSSR count). The highest BCUT2D eigenvalue weighted by molar-refractivity contribution is 5.96. The fraction of sp³-hybridized carbons (Fsp3) is 0.679. The quantitative estimate of drug-likeness (QED) is 0.0140. The Labute approximate surface area is 627 Å². The number of rotatable bonds is 58. The van der Waals surface area contributed by atoms with E-state index in [0.29, 0.717) is 56.2 Å². The van der Waals surface area contributed by atoms with Gasteiger partial charge in [-0.2, -0.15) is 0 Å². The standard InChI is InChI=1S/C45H71NO10.C39H59NO9/c1-7-9-11-15-18-27-44(54-33-34-55-44)28-19-16-13-12-14-17-21-38(45(51,29-32-52-6)42(50)56-43(3,4)5)41(49)46-39(40(48)22-20-30-47)35-36-23-25-37(26-24-36)53-31-10-8-2;1-4-6-8-11-14-18-32(42)19-15-12-9-10-13-16-20-34(39(47,38(45)46)26-29-48-3)37(44)40-35(36(43)21-17-27-41)30-31-22-24-33(25-23-31)49-28-7-5-2/h17,21,23-26,38-39,47,51H,7,9,11-16,18-20,22,27-35H2,1-6H3,(H,46,49);16,20,22-25,34-35,41,47H,4,6,8-15,17-19,21,26-30H2,1-3H3,(H,40,44)(H,45,46)/b21-17+;20-16+/t38-,39+,45+;34-,35+,39+/m11/s1. The van der Waals surface area contributed by atoms with Gasteiger partial charge in [-0.25, -0.2) is 9.59 Å². The SMILES string of the molecule is CC#CCOc1ccc(C[C@H](NC(=O)[C@@H](/C=C/CCCCCCC(=O)CCCCCCC)[C@@](O)(CCOC)C(=O)O)C(=O)CCCO)cc1.CC#CCOc1ccc(C[C@H](NC(=O)[C@@H](/C=C/CCCCCCC2(CCCCCCC)OCCO2)[C@@](O)(CCOC)C(=O)OC(C)(C)C)C(=O)CCCO)cc1. The van der Waals surface area contributed by atoms with Crippen LogP contribution in [0.1, 0.15) is 252 Å². The van der Waals surface area contributed by atoms with E-state index < -0.39 is 70.3 Å². The molecular formula is C84H130N2O19. The molecule has 21 heteroatoms. The summed E-state index contributed by atoms with van der Waals surface area (Å²) in [5, 5.41) is 57.7. The number of unbranched alkanes of at least 4 members (excludes halogenated alkanes) is 16. The second kappa shape index (κ2) is 55.6. The van der Waals surface area contributed by atoms with Crippen LogP contribution in [0.15, 0.2) is 72.8 Å². The highest BCUT2D eigenvalue weighted by Crippen LogP contribution is 2.34. The molecule has 0 spiro atoms. The predicted octanol–water partition coefficient (Wildman–Crippen LogP) is 12.9. The number of esters is 1. The Morgan fingerprint density at radius 1 is 0.543 bits per heavy atom. The number of carboxylic acid groups (broad SMARTS) is 1. The van der Waals surface area contributed by atoms with Crippen molar-refractivity contribution in [2.75, 3.05) is 67.1 Å². The molecule has 0 saturated carbocycles. The number of carbonyl (C=O) groups is 7. The van der Waals surface area contributed by atoms with E-state index in [1.165, 1.54) is 65.2 Å². The molecule has 1 heterocycles. The monoisotopic (exact) mass is 1470 g/mol. The zero-order chi connectivity index (χ0) is 77.6. The average Bonchev–Trinajstić information content (AvgIpc) is 1.30. The van der Waals surface area contributed by atoms with Gasteiger partial charge in [0.25, 0.3) is 0 Å². The molecular weight excluding hydrogens is 1340 g/mol. The van der Waals surface area contributed by atoms with Crippen molar-refractivity contribution < 1.29 is 92.3 Å². The highest BCUT2D eigenvalue weighted by Gasteiger charge is 2.50. The second-order valence-corrected chi connectivity index (χ2v) is 28.2. The summed E-state index contributed by atoms with van der Waals surface area (Å²) in [7, 11) is 2.82. The lowest BCUT2D eigenvalue weighted by Gasteiger charge is -2.35. The number of nitrogens with one attached hydrogen (secondary N) is 2. The van der Waals surface area contributed by atoms with E-state index in [1.54, 1.807) is 83.2 Å². The van der Waals surface area contributed by atoms with Gasteiger partial charge in [0, 0.05) is 92.0 Å². The zero-order valence-electron chi connectivity index (χ0n) is 65.0. The number of aliphatic hydroxyl groups excluding tert-OH is 2. The lowest BCUT2D eigenvalue weighted by atomic mass is 9.82. The summed E-state index contributed by atoms with van der Waals surface area (Å²) < 4.78 is 39.3. The minimum Gasteiger partial charge on any atom is -0.481 e. The number of amides is 2. The van der Waals surface area contributed by atoms with E-state index in [1.807, 2.05) is 18.2 Å². The number of allylic oxidation sites excluding steroid dienone is 2. The molecule has 1 aliphatic rings. The molecule has 0 aromatic heterocycles. The van der Waals surface area contributed by atoms with Gasteiger partial charge in [-0.1, -0.05) is 151 Å². The zero-order valence-corrected chi connectivity index (χ0v) is 65.0. The average molecular weight is 1470 g/mol. The molecule has 105 heavy (non-hydrogen) atoms. The van der Waals surface area contributed by atoms with E-state index in [2.05, 4.69) is 48.2 Å². The molecule has 6 atom stereocenters. The Kier molecular flexibility index (Phi) is 49.9. The van der Waals surface area contributed by atoms with E-state index in [-0.39, 0.29) is 103 Å². The van der Waals surface area contributed by atoms with Crippen LogP contribution in [-0.4, -0.2) is 168 Å². The largest absolute Gasteiger partial charge is 0.481 e. The van der Waals surface area contributed by atoms with Crippen LogP contribution in [0.2, 0.25) is 0 Å². The number of carboxylic acids is 1. The smallest absolute Gasteiger partial charge is 0.339 e. The number of aliphatic hydroxyl groups is 4. The summed E-state index contributed by atoms with van der Waals surface area (Å²) in [5.41, 5.74) is -4.21. The molecule has 0 bridgehead atoms. The summed E-state index contributed by atoms with van der Waals surface area (Å²) >= 11 is 0. The normalized spacial score (nSPS) is 14.9. The van der Waals surface area contributed by atoms with Gasteiger partial charge < -0.3 is 69.3 Å². The van der Waals surface area contributed by atoms with Gasteiger partial charge in [0.15, 0.2) is 28.6 Å². The van der Waals surface area contributed by atoms with Gasteiger partial charge in [0.2, 0.25) is 11.8 Å². The summed E-state index contributed by atoms with van der Waals surface area (Å²) in [6.45, 7) is 14.2. The van der Waals surface area contributed by atoms with Crippen LogP contribution in [0.25, 0.3) is 0 Å². The highest BCUT2D eigenvalue weighted by atomic mass is 16.7. The molecule has 2 aromatic carbocycles. The molecule has 1 saturated heterocycles. The maximum absolute atomic E-state index is 14.3. The number of ketones is 3. The minimum absolute atomic E-state index is 0.0102. The van der Waals surface area contributed by atoms with Gasteiger partial charge in [0.1, 0.15) is 36.1 Å². The van der Waals surface area contributed by atoms with Crippen molar-refractivity contribution in [3.05, 3.63) is 84.0 Å². The third kappa shape index (κ3) is 39.6. The van der Waals surface area contributed by atoms with Crippen molar-refractivity contribution in [1.29, 1.82) is 0 Å². The maximum atomic E-state index is 14.3. The van der Waals surface area contributed by atoms with Crippen LogP contribution in [-0.2, 0) is 70.1 Å². The first-order valence-corrected chi connectivity index (χ1v) is 38.6. The summed E-state index contributed by atoms with van der Waals surface area (Å²) in [6.07, 6.45) is 29.7. The molecule has 2 aromatic rings. The van der Waals surface area contributed by atoms with Crippen molar-refractivity contribution >= 4 is 41.1 Å². The molecule has 0 radical (unpaired) electrons. The number of benzene rings is 2. The van der Waals surface area contributed by atoms with Crippen molar-refractivity contribution in [1.82, 2.24) is 10.6 Å². The molecule has 1 fully saturated rings. The topological polar surface area (TPSA) is 309 Å². The Morgan fingerprint density at radius 2 is 0.933 bits per heavy atom. The number of ether oxygens (including phenoxy) is 7. The lowest BCUT2D eigenvalue weighted by molar-refractivity contribution is -0.185. The van der Waals surface area contributed by atoms with Crippen LogP contribution < -0.4 is 20.1 Å². The Bertz CT molecular complexity index is 2970. The van der Waals surface area contributed by atoms with Gasteiger partial charge in [-0.3, -0.25) is 24.0 Å². The Morgan fingerprint density at radius 3 is 1.31 bits per heavy atom. The Hall–Kier alpha value is -6.79. The number of Topliss-reactive ketones (excluding diaryl/α,β-unsaturated/α-hetero) is 3. The van der Waals surface area contributed by atoms with Gasteiger partial charge in [0.05, 0.1) is 37.1 Å². The van der Waals surface area contributed by atoms with Crippen LogP contribution in [0.4, 0.5) is 0 Å². The number of carbonyl (C=O) groups excluding carboxylic acids is 6. The van der Waals surface area contributed by atoms with Crippen LogP contribution in [0.3, 0.4) is 0 Å². The van der Waals surface area contributed by atoms with E-state index in [0.717, 1.165) is 94.6 Å². The van der Waals surface area contributed by atoms with Gasteiger partial charge >= 0.3 is 11.9 Å². The molecule has 1 aliphatic heterocycles. The van der Waals surface area contributed by atoms with E-state index in [9.17, 15) is 59.1 Å². The van der Waals surface area contributed by atoms with Crippen molar-refractivity contribution in [3.8, 4) is 35.2 Å². The van der Waals surface area contributed by atoms with Crippen molar-refractivity contribution in [2.45, 2.75) is 289 Å². The predicted molar refractivity (Wildman–Crippen MR) is 408 cm³/mol. The number of hydrogen-bond donors (Lipinski definition) is 7. The molecule has 2 amide bonds. The third-order valence-corrected chi connectivity index (χ3v) is 18.3. The van der Waals surface area contributed by atoms with Gasteiger partial charge in [-0.15, -0.1) is 11.8 Å². The number of aliphatic carboxylic acids is 1. The van der Waals surface area contributed by atoms with Crippen LogP contribution in [0.5, 0.6) is 11.5 Å². The molecule has 21 nitrogen and oxygen atoms in total. The first-order valence-electron chi connectivity index (χ1n) is 38.6. The molecule has 0 aliphatic carbocycles. The minimum atomic E-state index is -2.48. The fourth-order valence-corrected chi connectivity index (χ4v) is 12.1. The third-order valence-electron chi connectivity index (χ3n) is 18.3. The summed E-state index contributed by atoms with van der Waals surface area (Å²) in [4.78, 5) is 92.8. The summed E-state index contributed by atoms with van der Waals surface area (Å²) in [6, 6.07) is 12.1. The van der Waals surface area contributed by atoms with Gasteiger partial charge in [-0.05, 0) is 147 Å². The van der Waals surface area contributed by atoms with Crippen molar-refractivity contribution in [2.24, 2.45) is 11.8 Å². The fourth-order valence-electron chi connectivity index (χ4n) is 12.1. The maximum Gasteiger partial charge on any atom is 0.339 e. The Balaban J connectivity index is 0.000000720. The van der Waals surface area contributed by atoms with E-state index in [4.69, 9.17) is 33.2 Å². The molecule has 590 valence electrons. The van der Waals surface area contributed by atoms with Crippen LogP contribution in [0, 0.1) is 35.5 Å². The van der Waals surface area contributed by atoms with Crippen molar-refractivity contribution in [3.63, 3.8) is 0 Å².